The Morgan fingerprint density at radius 2 is 1.94 bits per heavy atom. The van der Waals surface area contributed by atoms with E-state index in [0.717, 1.165) is 32.1 Å². The van der Waals surface area contributed by atoms with Crippen LogP contribution in [0.5, 0.6) is 0 Å². The summed E-state index contributed by atoms with van der Waals surface area (Å²) < 4.78 is 27.5. The smallest absolute Gasteiger partial charge is 0.235 e. The molecule has 1 aliphatic rings. The lowest BCUT2D eigenvalue weighted by Crippen LogP contribution is -2.29. The first-order valence-corrected chi connectivity index (χ1v) is 8.05. The van der Waals surface area contributed by atoms with E-state index < -0.39 is 10.0 Å². The zero-order valence-corrected chi connectivity index (χ0v) is 11.8. The van der Waals surface area contributed by atoms with Gasteiger partial charge in [0, 0.05) is 0 Å². The normalized spacial score (nSPS) is 17.9. The highest BCUT2D eigenvalue weighted by Gasteiger charge is 2.27. The first kappa shape index (κ1) is 12.8. The van der Waals surface area contributed by atoms with Crippen LogP contribution in [0, 0.1) is 0 Å². The lowest BCUT2D eigenvalue weighted by molar-refractivity contribution is 0.486. The zero-order valence-electron chi connectivity index (χ0n) is 9.39. The molecule has 1 aromatic rings. The van der Waals surface area contributed by atoms with Gasteiger partial charge in [0.2, 0.25) is 10.0 Å². The van der Waals surface area contributed by atoms with E-state index in [2.05, 4.69) is 25.6 Å². The van der Waals surface area contributed by atoms with E-state index in [0.29, 0.717) is 10.3 Å². The molecule has 1 saturated carbocycles. The van der Waals surface area contributed by atoms with Crippen LogP contribution in [0.4, 0.5) is 5.69 Å². The molecule has 0 unspecified atom stereocenters. The van der Waals surface area contributed by atoms with E-state index in [1.807, 2.05) is 0 Å². The Bertz CT molecular complexity index is 467. The molecule has 17 heavy (non-hydrogen) atoms. The molecule has 0 bridgehead atoms. The van der Waals surface area contributed by atoms with Gasteiger partial charge in [-0.3, -0.25) is 4.72 Å². The summed E-state index contributed by atoms with van der Waals surface area (Å²) in [6, 6.07) is 3.43. The third kappa shape index (κ3) is 3.42. The average molecular weight is 319 g/mol. The van der Waals surface area contributed by atoms with E-state index in [-0.39, 0.29) is 5.25 Å². The Labute approximate surface area is 110 Å². The van der Waals surface area contributed by atoms with Crippen LogP contribution in [0.3, 0.4) is 0 Å². The molecule has 6 heteroatoms. The summed E-state index contributed by atoms with van der Waals surface area (Å²) in [5.41, 5.74) is 0.527. The molecule has 1 heterocycles. The van der Waals surface area contributed by atoms with E-state index >= 15 is 0 Å². The quantitative estimate of drug-likeness (QED) is 0.872. The largest absolute Gasteiger partial charge is 0.282 e. The first-order valence-electron chi connectivity index (χ1n) is 5.71. The summed E-state index contributed by atoms with van der Waals surface area (Å²) >= 11 is 3.21. The van der Waals surface area contributed by atoms with Gasteiger partial charge < -0.3 is 0 Å². The molecule has 0 spiro atoms. The summed E-state index contributed by atoms with van der Waals surface area (Å²) in [7, 11) is -3.25. The molecule has 1 aromatic heterocycles. The fourth-order valence-corrected chi connectivity index (χ4v) is 3.86. The summed E-state index contributed by atoms with van der Waals surface area (Å²) in [5.74, 6) is 0. The number of aromatic nitrogens is 1. The van der Waals surface area contributed by atoms with Crippen LogP contribution in [0.15, 0.2) is 22.9 Å². The van der Waals surface area contributed by atoms with Crippen molar-refractivity contribution in [2.45, 2.75) is 37.4 Å². The van der Waals surface area contributed by atoms with E-state index in [4.69, 9.17) is 0 Å². The summed E-state index contributed by atoms with van der Waals surface area (Å²) in [6.45, 7) is 0. The van der Waals surface area contributed by atoms with E-state index in [9.17, 15) is 8.42 Å². The fourth-order valence-electron chi connectivity index (χ4n) is 2.06. The van der Waals surface area contributed by atoms with Crippen LogP contribution in [0.2, 0.25) is 0 Å². The highest BCUT2D eigenvalue weighted by Crippen LogP contribution is 2.25. The van der Waals surface area contributed by atoms with Gasteiger partial charge in [-0.05, 0) is 40.9 Å². The Morgan fingerprint density at radius 1 is 1.24 bits per heavy atom. The van der Waals surface area contributed by atoms with Crippen molar-refractivity contribution in [3.8, 4) is 0 Å². The zero-order chi connectivity index (χ0) is 12.3. The van der Waals surface area contributed by atoms with Crippen molar-refractivity contribution in [1.82, 2.24) is 4.98 Å². The van der Waals surface area contributed by atoms with Crippen LogP contribution in [-0.2, 0) is 10.0 Å². The maximum Gasteiger partial charge on any atom is 0.235 e. The van der Waals surface area contributed by atoms with Crippen LogP contribution < -0.4 is 4.72 Å². The predicted octanol–water partition coefficient (Wildman–Crippen LogP) is 2.92. The molecule has 1 fully saturated rings. The molecule has 4 nitrogen and oxygen atoms in total. The van der Waals surface area contributed by atoms with Crippen LogP contribution in [0.25, 0.3) is 0 Å². The maximum atomic E-state index is 12.1. The molecule has 1 N–H and O–H groups in total. The highest BCUT2D eigenvalue weighted by molar-refractivity contribution is 9.10. The monoisotopic (exact) mass is 318 g/mol. The number of nitrogens with one attached hydrogen (secondary N) is 1. The number of hydrogen-bond donors (Lipinski definition) is 1. The molecule has 0 atom stereocenters. The van der Waals surface area contributed by atoms with E-state index in [1.54, 1.807) is 12.1 Å². The van der Waals surface area contributed by atoms with Gasteiger partial charge >= 0.3 is 0 Å². The summed E-state index contributed by atoms with van der Waals surface area (Å²) in [4.78, 5) is 4.00. The number of hydrogen-bond acceptors (Lipinski definition) is 3. The second kappa shape index (κ2) is 5.35. The number of nitrogens with zero attached hydrogens (tertiary/aromatic N) is 1. The predicted molar refractivity (Wildman–Crippen MR) is 71.4 cm³/mol. The van der Waals surface area contributed by atoms with Crippen molar-refractivity contribution in [3.63, 3.8) is 0 Å². The van der Waals surface area contributed by atoms with Crippen LogP contribution in [0.1, 0.15) is 32.1 Å². The molecule has 2 rings (SSSR count). The van der Waals surface area contributed by atoms with Gasteiger partial charge in [-0.15, -0.1) is 0 Å². The van der Waals surface area contributed by atoms with Crippen molar-refractivity contribution >= 4 is 31.6 Å². The molecule has 0 aliphatic heterocycles. The molecule has 0 aromatic carbocycles. The number of sulfonamides is 1. The van der Waals surface area contributed by atoms with E-state index in [1.165, 1.54) is 6.20 Å². The second-order valence-electron chi connectivity index (χ2n) is 4.28. The fraction of sp³-hybridized carbons (Fsp3) is 0.545. The van der Waals surface area contributed by atoms with Crippen molar-refractivity contribution in [3.05, 3.63) is 22.9 Å². The molecule has 0 amide bonds. The standard InChI is InChI=1S/C11H15BrN2O2S/c12-11-7-6-9(8-13-11)14-17(15,16)10-4-2-1-3-5-10/h6-8,10,14H,1-5H2. The average Bonchev–Trinajstić information content (AvgIpc) is 2.33. The molecule has 94 valence electrons. The molecule has 0 radical (unpaired) electrons. The van der Waals surface area contributed by atoms with Crippen LogP contribution >= 0.6 is 15.9 Å². The SMILES string of the molecule is O=S(=O)(Nc1ccc(Br)nc1)C1CCCCC1. The lowest BCUT2D eigenvalue weighted by atomic mass is 10.0. The Kier molecular flexibility index (Phi) is 4.04. The molecular formula is C11H15BrN2O2S. The molecule has 1 aliphatic carbocycles. The summed E-state index contributed by atoms with van der Waals surface area (Å²) in [6.07, 6.45) is 6.20. The number of halogens is 1. The Hall–Kier alpha value is -0.620. The lowest BCUT2D eigenvalue weighted by Gasteiger charge is -2.22. The van der Waals surface area contributed by atoms with Gasteiger partial charge in [0.05, 0.1) is 17.1 Å². The van der Waals surface area contributed by atoms with Crippen molar-refractivity contribution < 1.29 is 8.42 Å². The topological polar surface area (TPSA) is 59.1 Å². The molecular weight excluding hydrogens is 304 g/mol. The minimum Gasteiger partial charge on any atom is -0.282 e. The van der Waals surface area contributed by atoms with Gasteiger partial charge in [0.15, 0.2) is 0 Å². The van der Waals surface area contributed by atoms with Gasteiger partial charge in [-0.2, -0.15) is 0 Å². The highest BCUT2D eigenvalue weighted by atomic mass is 79.9. The summed E-state index contributed by atoms with van der Waals surface area (Å²) in [5, 5.41) is -0.250. The maximum absolute atomic E-state index is 12.1. The third-order valence-corrected chi connectivity index (χ3v) is 5.32. The van der Waals surface area contributed by atoms with Crippen molar-refractivity contribution in [1.29, 1.82) is 0 Å². The minimum absolute atomic E-state index is 0.250. The van der Waals surface area contributed by atoms with Gasteiger partial charge in [-0.25, -0.2) is 13.4 Å². The van der Waals surface area contributed by atoms with Crippen LogP contribution in [-0.4, -0.2) is 18.7 Å². The minimum atomic E-state index is -3.25. The number of anilines is 1. The van der Waals surface area contributed by atoms with Gasteiger partial charge in [-0.1, -0.05) is 19.3 Å². The van der Waals surface area contributed by atoms with Gasteiger partial charge in [0.25, 0.3) is 0 Å². The van der Waals surface area contributed by atoms with Crippen molar-refractivity contribution in [2.75, 3.05) is 4.72 Å². The Morgan fingerprint density at radius 3 is 2.53 bits per heavy atom. The number of rotatable bonds is 3. The Balaban J connectivity index is 2.08. The molecule has 0 saturated heterocycles. The number of pyridine rings is 1. The first-order chi connectivity index (χ1) is 8.08. The van der Waals surface area contributed by atoms with Gasteiger partial charge in [0.1, 0.15) is 4.60 Å². The second-order valence-corrected chi connectivity index (χ2v) is 7.05. The van der Waals surface area contributed by atoms with Crippen molar-refractivity contribution in [2.24, 2.45) is 0 Å². The third-order valence-electron chi connectivity index (χ3n) is 2.98.